The number of nitrogens with one attached hydrogen (secondary N) is 1. The van der Waals surface area contributed by atoms with E-state index in [2.05, 4.69) is 15.5 Å². The van der Waals surface area contributed by atoms with Crippen LogP contribution >= 0.6 is 11.8 Å². The number of furan rings is 1. The Hall–Kier alpha value is -2.94. The number of ether oxygens (including phenoxy) is 1. The highest BCUT2D eigenvalue weighted by atomic mass is 32.2. The van der Waals surface area contributed by atoms with E-state index in [0.29, 0.717) is 34.8 Å². The van der Waals surface area contributed by atoms with Crippen molar-refractivity contribution in [2.75, 3.05) is 17.8 Å². The van der Waals surface area contributed by atoms with Crippen LogP contribution in [-0.2, 0) is 4.79 Å². The lowest BCUT2D eigenvalue weighted by Gasteiger charge is -2.14. The molecule has 0 spiro atoms. The number of rotatable bonds is 7. The molecule has 8 nitrogen and oxygen atoms in total. The fraction of sp³-hybridized carbons (Fsp3) is 0.235. The van der Waals surface area contributed by atoms with Crippen LogP contribution in [0.4, 0.5) is 5.69 Å². The van der Waals surface area contributed by atoms with Gasteiger partial charge >= 0.3 is 0 Å². The number of thioether (sulfide) groups is 1. The van der Waals surface area contributed by atoms with Crippen molar-refractivity contribution < 1.29 is 13.9 Å². The third kappa shape index (κ3) is 3.83. The van der Waals surface area contributed by atoms with E-state index in [4.69, 9.17) is 15.0 Å². The zero-order valence-electron chi connectivity index (χ0n) is 14.4. The van der Waals surface area contributed by atoms with Gasteiger partial charge in [-0.2, -0.15) is 0 Å². The first-order chi connectivity index (χ1) is 12.6. The van der Waals surface area contributed by atoms with Gasteiger partial charge in [0.1, 0.15) is 5.75 Å². The van der Waals surface area contributed by atoms with Crippen molar-refractivity contribution in [1.82, 2.24) is 14.9 Å². The number of carbonyl (C=O) groups is 1. The quantitative estimate of drug-likeness (QED) is 0.484. The minimum Gasteiger partial charge on any atom is -0.492 e. The van der Waals surface area contributed by atoms with Crippen LogP contribution < -0.4 is 15.9 Å². The first-order valence-electron chi connectivity index (χ1n) is 8.04. The SMILES string of the molecule is CCOc1ccccc1NC(=O)C(C)Sc1nnc(-c2ccco2)n1N. The molecule has 26 heavy (non-hydrogen) atoms. The van der Waals surface area contributed by atoms with Crippen LogP contribution in [0.5, 0.6) is 5.75 Å². The van der Waals surface area contributed by atoms with Gasteiger partial charge in [-0.3, -0.25) is 4.79 Å². The Labute approximate surface area is 154 Å². The molecule has 3 aromatic rings. The molecule has 0 fully saturated rings. The first-order valence-corrected chi connectivity index (χ1v) is 8.91. The Balaban J connectivity index is 1.69. The normalized spacial score (nSPS) is 11.9. The highest BCUT2D eigenvalue weighted by Gasteiger charge is 2.21. The monoisotopic (exact) mass is 373 g/mol. The summed E-state index contributed by atoms with van der Waals surface area (Å²) in [5, 5.41) is 10.9. The number of hydrogen-bond acceptors (Lipinski definition) is 7. The highest BCUT2D eigenvalue weighted by molar-refractivity contribution is 8.00. The summed E-state index contributed by atoms with van der Waals surface area (Å²) in [6.45, 7) is 4.18. The molecule has 9 heteroatoms. The summed E-state index contributed by atoms with van der Waals surface area (Å²) < 4.78 is 12.1. The Bertz CT molecular complexity index is 878. The molecule has 0 aliphatic rings. The molecule has 1 aromatic carbocycles. The third-order valence-corrected chi connectivity index (χ3v) is 4.56. The maximum atomic E-state index is 12.5. The van der Waals surface area contributed by atoms with E-state index in [1.807, 2.05) is 25.1 Å². The van der Waals surface area contributed by atoms with Crippen molar-refractivity contribution in [2.24, 2.45) is 0 Å². The predicted molar refractivity (Wildman–Crippen MR) is 99.4 cm³/mol. The van der Waals surface area contributed by atoms with E-state index in [1.54, 1.807) is 25.1 Å². The third-order valence-electron chi connectivity index (χ3n) is 3.50. The standard InChI is InChI=1S/C17H19N5O3S/c1-3-24-13-8-5-4-7-12(13)19-16(23)11(2)26-17-21-20-15(22(17)18)14-9-6-10-25-14/h4-11H,3,18H2,1-2H3,(H,19,23). The number of hydrogen-bond donors (Lipinski definition) is 2. The molecule has 2 aromatic heterocycles. The molecule has 3 rings (SSSR count). The number of anilines is 1. The fourth-order valence-corrected chi connectivity index (χ4v) is 3.00. The van der Waals surface area contributed by atoms with Crippen molar-refractivity contribution in [1.29, 1.82) is 0 Å². The summed E-state index contributed by atoms with van der Waals surface area (Å²) in [5.74, 6) is 7.36. The molecule has 0 radical (unpaired) electrons. The zero-order chi connectivity index (χ0) is 18.5. The van der Waals surface area contributed by atoms with Gasteiger partial charge in [0.15, 0.2) is 5.76 Å². The predicted octanol–water partition coefficient (Wildman–Crippen LogP) is 2.77. The minimum atomic E-state index is -0.444. The smallest absolute Gasteiger partial charge is 0.237 e. The van der Waals surface area contributed by atoms with Crippen LogP contribution in [0, 0.1) is 0 Å². The van der Waals surface area contributed by atoms with Crippen LogP contribution in [0.3, 0.4) is 0 Å². The molecule has 0 saturated carbocycles. The molecular weight excluding hydrogens is 354 g/mol. The lowest BCUT2D eigenvalue weighted by atomic mass is 10.3. The molecule has 0 bridgehead atoms. The molecule has 3 N–H and O–H groups in total. The summed E-state index contributed by atoms with van der Waals surface area (Å²) in [6, 6.07) is 10.8. The van der Waals surface area contributed by atoms with Crippen molar-refractivity contribution in [2.45, 2.75) is 24.3 Å². The zero-order valence-corrected chi connectivity index (χ0v) is 15.2. The van der Waals surface area contributed by atoms with Gasteiger partial charge in [-0.05, 0) is 38.1 Å². The minimum absolute atomic E-state index is 0.190. The van der Waals surface area contributed by atoms with Gasteiger partial charge in [0.25, 0.3) is 0 Å². The number of carbonyl (C=O) groups excluding carboxylic acids is 1. The van der Waals surface area contributed by atoms with E-state index < -0.39 is 5.25 Å². The molecule has 1 amide bonds. The molecule has 1 atom stereocenters. The maximum absolute atomic E-state index is 12.5. The lowest BCUT2D eigenvalue weighted by Crippen LogP contribution is -2.24. The summed E-state index contributed by atoms with van der Waals surface area (Å²) in [7, 11) is 0. The molecule has 0 saturated heterocycles. The van der Waals surface area contributed by atoms with Gasteiger partial charge < -0.3 is 20.3 Å². The number of nitrogens with two attached hydrogens (primary N) is 1. The lowest BCUT2D eigenvalue weighted by molar-refractivity contribution is -0.115. The van der Waals surface area contributed by atoms with Gasteiger partial charge in [0.2, 0.25) is 16.9 Å². The summed E-state index contributed by atoms with van der Waals surface area (Å²) in [4.78, 5) is 12.5. The number of aromatic nitrogens is 3. The summed E-state index contributed by atoms with van der Waals surface area (Å²) in [5.41, 5.74) is 0.622. The first kappa shape index (κ1) is 17.9. The number of nitrogen functional groups attached to an aromatic ring is 1. The molecule has 0 aliphatic heterocycles. The molecule has 2 heterocycles. The Morgan fingerprint density at radius 2 is 2.15 bits per heavy atom. The van der Waals surface area contributed by atoms with E-state index in [1.165, 1.54) is 22.7 Å². The van der Waals surface area contributed by atoms with Crippen molar-refractivity contribution in [3.63, 3.8) is 0 Å². The molecular formula is C17H19N5O3S. The van der Waals surface area contributed by atoms with Crippen LogP contribution in [0.1, 0.15) is 13.8 Å². The van der Waals surface area contributed by atoms with Gasteiger partial charge in [0, 0.05) is 0 Å². The van der Waals surface area contributed by atoms with E-state index in [-0.39, 0.29) is 5.91 Å². The fourth-order valence-electron chi connectivity index (χ4n) is 2.23. The van der Waals surface area contributed by atoms with E-state index >= 15 is 0 Å². The summed E-state index contributed by atoms with van der Waals surface area (Å²) in [6.07, 6.45) is 1.53. The second-order valence-corrected chi connectivity index (χ2v) is 6.64. The molecule has 136 valence electrons. The van der Waals surface area contributed by atoms with Crippen molar-refractivity contribution in [3.8, 4) is 17.3 Å². The van der Waals surface area contributed by atoms with Crippen LogP contribution in [-0.4, -0.2) is 32.6 Å². The van der Waals surface area contributed by atoms with Gasteiger partial charge in [0.05, 0.1) is 23.8 Å². The van der Waals surface area contributed by atoms with Crippen LogP contribution in [0.25, 0.3) is 11.6 Å². The van der Waals surface area contributed by atoms with Crippen molar-refractivity contribution >= 4 is 23.4 Å². The second kappa shape index (κ2) is 7.96. The Morgan fingerprint density at radius 3 is 2.88 bits per heavy atom. The number of benzene rings is 1. The van der Waals surface area contributed by atoms with Gasteiger partial charge in [-0.25, -0.2) is 4.68 Å². The molecule has 0 aliphatic carbocycles. The van der Waals surface area contributed by atoms with E-state index in [0.717, 1.165) is 0 Å². The van der Waals surface area contributed by atoms with Crippen molar-refractivity contribution in [3.05, 3.63) is 42.7 Å². The molecule has 1 unspecified atom stereocenters. The topological polar surface area (TPSA) is 108 Å². The van der Waals surface area contributed by atoms with Gasteiger partial charge in [-0.1, -0.05) is 23.9 Å². The second-order valence-electron chi connectivity index (χ2n) is 5.33. The van der Waals surface area contributed by atoms with Gasteiger partial charge in [-0.15, -0.1) is 10.2 Å². The number of nitrogens with zero attached hydrogens (tertiary/aromatic N) is 3. The summed E-state index contributed by atoms with van der Waals surface area (Å²) >= 11 is 1.20. The largest absolute Gasteiger partial charge is 0.492 e. The van der Waals surface area contributed by atoms with Crippen LogP contribution in [0.15, 0.2) is 52.2 Å². The highest BCUT2D eigenvalue weighted by Crippen LogP contribution is 2.28. The van der Waals surface area contributed by atoms with E-state index in [9.17, 15) is 4.79 Å². The average molecular weight is 373 g/mol. The van der Waals surface area contributed by atoms with Crippen LogP contribution in [0.2, 0.25) is 0 Å². The Kier molecular flexibility index (Phi) is 5.47. The Morgan fingerprint density at radius 1 is 1.35 bits per heavy atom. The number of amides is 1. The average Bonchev–Trinajstić information content (AvgIpc) is 3.27. The maximum Gasteiger partial charge on any atom is 0.237 e. The number of para-hydroxylation sites is 2.